The van der Waals surface area contributed by atoms with Crippen LogP contribution in [0.3, 0.4) is 0 Å². The minimum atomic E-state index is -0.999. The van der Waals surface area contributed by atoms with Crippen LogP contribution >= 0.6 is 0 Å². The highest BCUT2D eigenvalue weighted by Crippen LogP contribution is 2.25. The zero-order chi connectivity index (χ0) is 28.0. The summed E-state index contributed by atoms with van der Waals surface area (Å²) < 4.78 is 5.67. The molecule has 1 atom stereocenters. The lowest BCUT2D eigenvalue weighted by atomic mass is 9.99. The van der Waals surface area contributed by atoms with Crippen LogP contribution in [0.25, 0.3) is 0 Å². The van der Waals surface area contributed by atoms with E-state index in [2.05, 4.69) is 27.7 Å². The highest BCUT2D eigenvalue weighted by atomic mass is 16.5. The van der Waals surface area contributed by atoms with Gasteiger partial charge in [0.1, 0.15) is 17.3 Å². The third-order valence-corrected chi connectivity index (χ3v) is 7.25. The smallest absolute Gasteiger partial charge is 0.312 e. The monoisotopic (exact) mass is 544 g/mol. The topological polar surface area (TPSA) is 104 Å². The number of benzene rings is 2. The molecule has 2 aromatic carbocycles. The van der Waals surface area contributed by atoms with E-state index in [1.54, 1.807) is 24.3 Å². The molecular weight excluding hydrogens is 504 g/mol. The SMILES string of the molecule is O=CNCC(C(=O)O)c1cccc(Oc2ccccc2)c1.c1cc2c(nc1CCCN1CCCCC1)NCCC2. The molecule has 2 aliphatic rings. The molecule has 40 heavy (non-hydrogen) atoms. The van der Waals surface area contributed by atoms with Gasteiger partial charge in [-0.15, -0.1) is 0 Å². The number of likely N-dealkylation sites (tertiary alicyclic amines) is 1. The summed E-state index contributed by atoms with van der Waals surface area (Å²) in [5, 5.41) is 15.1. The summed E-state index contributed by atoms with van der Waals surface area (Å²) in [5.74, 6) is 0.557. The van der Waals surface area contributed by atoms with E-state index < -0.39 is 11.9 Å². The van der Waals surface area contributed by atoms with Crippen LogP contribution in [0.4, 0.5) is 5.82 Å². The Morgan fingerprint density at radius 1 is 1.02 bits per heavy atom. The third-order valence-electron chi connectivity index (χ3n) is 7.25. The average molecular weight is 545 g/mol. The normalized spacial score (nSPS) is 15.4. The van der Waals surface area contributed by atoms with E-state index in [1.165, 1.54) is 69.4 Å². The number of carboxylic acid groups (broad SMARTS) is 1. The van der Waals surface area contributed by atoms with Gasteiger partial charge in [-0.3, -0.25) is 9.59 Å². The Morgan fingerprint density at radius 3 is 2.60 bits per heavy atom. The third kappa shape index (κ3) is 9.09. The number of para-hydroxylation sites is 1. The number of aliphatic carboxylic acids is 1. The molecule has 1 aromatic heterocycles. The molecule has 8 heteroatoms. The minimum Gasteiger partial charge on any atom is -0.481 e. The van der Waals surface area contributed by atoms with Crippen molar-refractivity contribution in [3.63, 3.8) is 0 Å². The average Bonchev–Trinajstić information content (AvgIpc) is 2.99. The molecule has 8 nitrogen and oxygen atoms in total. The van der Waals surface area contributed by atoms with Crippen LogP contribution in [-0.4, -0.2) is 60.1 Å². The molecule has 1 unspecified atom stereocenters. The van der Waals surface area contributed by atoms with E-state index in [1.807, 2.05) is 30.3 Å². The van der Waals surface area contributed by atoms with Crippen molar-refractivity contribution in [1.82, 2.24) is 15.2 Å². The van der Waals surface area contributed by atoms with Crippen LogP contribution in [-0.2, 0) is 22.4 Å². The number of fused-ring (bicyclic) bond motifs is 1. The molecule has 0 radical (unpaired) electrons. The van der Waals surface area contributed by atoms with Crippen molar-refractivity contribution in [2.75, 3.05) is 38.0 Å². The molecule has 3 heterocycles. The quantitative estimate of drug-likeness (QED) is 0.283. The van der Waals surface area contributed by atoms with E-state index in [4.69, 9.17) is 9.72 Å². The van der Waals surface area contributed by atoms with Gasteiger partial charge in [0.2, 0.25) is 6.41 Å². The summed E-state index contributed by atoms with van der Waals surface area (Å²) in [6, 6.07) is 20.6. The number of aryl methyl sites for hydroxylation is 2. The van der Waals surface area contributed by atoms with Crippen molar-refractivity contribution in [3.8, 4) is 11.5 Å². The number of hydrogen-bond donors (Lipinski definition) is 3. The van der Waals surface area contributed by atoms with Gasteiger partial charge in [-0.1, -0.05) is 42.8 Å². The van der Waals surface area contributed by atoms with Crippen molar-refractivity contribution in [2.24, 2.45) is 0 Å². The summed E-state index contributed by atoms with van der Waals surface area (Å²) in [5.41, 5.74) is 3.22. The first-order valence-electron chi connectivity index (χ1n) is 14.3. The first kappa shape index (κ1) is 29.1. The van der Waals surface area contributed by atoms with Gasteiger partial charge in [-0.05, 0) is 99.6 Å². The van der Waals surface area contributed by atoms with Gasteiger partial charge < -0.3 is 25.4 Å². The number of anilines is 1. The molecule has 0 aliphatic carbocycles. The van der Waals surface area contributed by atoms with E-state index in [9.17, 15) is 14.7 Å². The number of aromatic nitrogens is 1. The first-order chi connectivity index (χ1) is 19.6. The lowest BCUT2D eigenvalue weighted by Crippen LogP contribution is -2.30. The number of rotatable bonds is 11. The second-order valence-electron chi connectivity index (χ2n) is 10.3. The van der Waals surface area contributed by atoms with Crippen LogP contribution in [0.15, 0.2) is 66.7 Å². The Morgan fingerprint density at radius 2 is 1.82 bits per heavy atom. The number of carbonyl (C=O) groups is 2. The molecule has 1 fully saturated rings. The molecule has 3 N–H and O–H groups in total. The minimum absolute atomic E-state index is 0.0353. The number of ether oxygens (including phenoxy) is 1. The molecule has 212 valence electrons. The number of amides is 1. The number of hydrogen-bond acceptors (Lipinski definition) is 6. The molecule has 0 saturated carbocycles. The molecule has 5 rings (SSSR count). The van der Waals surface area contributed by atoms with E-state index in [0.717, 1.165) is 18.8 Å². The van der Waals surface area contributed by atoms with Crippen LogP contribution in [0.1, 0.15) is 54.8 Å². The largest absolute Gasteiger partial charge is 0.481 e. The second-order valence-corrected chi connectivity index (χ2v) is 10.3. The van der Waals surface area contributed by atoms with Crippen LogP contribution in [0.2, 0.25) is 0 Å². The van der Waals surface area contributed by atoms with Crippen LogP contribution in [0.5, 0.6) is 11.5 Å². The summed E-state index contributed by atoms with van der Waals surface area (Å²) >= 11 is 0. The lowest BCUT2D eigenvalue weighted by Gasteiger charge is -2.26. The van der Waals surface area contributed by atoms with Gasteiger partial charge in [0.15, 0.2) is 0 Å². The fraction of sp³-hybridized carbons (Fsp3) is 0.406. The summed E-state index contributed by atoms with van der Waals surface area (Å²) in [7, 11) is 0. The maximum Gasteiger partial charge on any atom is 0.312 e. The Labute approximate surface area is 236 Å². The summed E-state index contributed by atoms with van der Waals surface area (Å²) in [6.07, 6.45) is 9.47. The maximum atomic E-state index is 11.3. The van der Waals surface area contributed by atoms with Crippen molar-refractivity contribution in [3.05, 3.63) is 83.6 Å². The van der Waals surface area contributed by atoms with E-state index in [-0.39, 0.29) is 6.54 Å². The van der Waals surface area contributed by atoms with Crippen LogP contribution < -0.4 is 15.4 Å². The van der Waals surface area contributed by atoms with Crippen molar-refractivity contribution < 1.29 is 19.4 Å². The standard InChI is InChI=1S/C16H25N3.C16H15NO4/c1-2-11-19(12-3-1)13-5-7-15-9-8-14-6-4-10-17-16(14)18-15;18-11-17-10-15(16(19)20)12-5-4-8-14(9-12)21-13-6-2-1-3-7-13/h8-9H,1-7,10-13H2,(H,17,18);1-9,11,15H,10H2,(H,17,18)(H,19,20). The van der Waals surface area contributed by atoms with Crippen molar-refractivity contribution >= 4 is 18.2 Å². The predicted octanol–water partition coefficient (Wildman–Crippen LogP) is 5.25. The molecule has 0 bridgehead atoms. The second kappa shape index (κ2) is 15.6. The fourth-order valence-electron chi connectivity index (χ4n) is 5.11. The molecule has 0 spiro atoms. The molecule has 2 aliphatic heterocycles. The van der Waals surface area contributed by atoms with Gasteiger partial charge >= 0.3 is 5.97 Å². The van der Waals surface area contributed by atoms with Gasteiger partial charge in [0, 0.05) is 18.8 Å². The van der Waals surface area contributed by atoms with Gasteiger partial charge in [-0.2, -0.15) is 0 Å². The highest BCUT2D eigenvalue weighted by molar-refractivity contribution is 5.77. The van der Waals surface area contributed by atoms with E-state index >= 15 is 0 Å². The number of nitrogens with zero attached hydrogens (tertiary/aromatic N) is 2. The summed E-state index contributed by atoms with van der Waals surface area (Å²) in [6.45, 7) is 4.97. The van der Waals surface area contributed by atoms with Crippen molar-refractivity contribution in [1.29, 1.82) is 0 Å². The predicted molar refractivity (Wildman–Crippen MR) is 157 cm³/mol. The number of pyridine rings is 1. The number of carbonyl (C=O) groups excluding carboxylic acids is 1. The van der Waals surface area contributed by atoms with Crippen molar-refractivity contribution in [2.45, 2.75) is 50.9 Å². The van der Waals surface area contributed by atoms with Gasteiger partial charge in [-0.25, -0.2) is 4.98 Å². The molecule has 3 aromatic rings. The first-order valence-corrected chi connectivity index (χ1v) is 14.3. The van der Waals surface area contributed by atoms with Gasteiger partial charge in [0.25, 0.3) is 0 Å². The number of nitrogens with one attached hydrogen (secondary N) is 2. The Hall–Kier alpha value is -3.91. The summed E-state index contributed by atoms with van der Waals surface area (Å²) in [4.78, 5) is 29.0. The van der Waals surface area contributed by atoms with E-state index in [0.29, 0.717) is 23.5 Å². The fourth-order valence-corrected chi connectivity index (χ4v) is 5.11. The molecular formula is C32H40N4O4. The molecule has 1 amide bonds. The highest BCUT2D eigenvalue weighted by Gasteiger charge is 2.20. The van der Waals surface area contributed by atoms with Crippen LogP contribution in [0, 0.1) is 0 Å². The zero-order valence-corrected chi connectivity index (χ0v) is 23.1. The Kier molecular flexibility index (Phi) is 11.4. The molecule has 1 saturated heterocycles. The zero-order valence-electron chi connectivity index (χ0n) is 23.1. The number of carboxylic acids is 1. The Balaban J connectivity index is 0.000000186. The van der Waals surface area contributed by atoms with Gasteiger partial charge in [0.05, 0.1) is 5.92 Å². The Bertz CT molecular complexity index is 1210. The number of piperidine rings is 1. The maximum absolute atomic E-state index is 11.3. The lowest BCUT2D eigenvalue weighted by molar-refractivity contribution is -0.138.